The Morgan fingerprint density at radius 1 is 1.27 bits per heavy atom. The van der Waals surface area contributed by atoms with Crippen molar-refractivity contribution in [2.24, 2.45) is 0 Å². The van der Waals surface area contributed by atoms with E-state index in [2.05, 4.69) is 30.4 Å². The van der Waals surface area contributed by atoms with Crippen molar-refractivity contribution in [1.82, 2.24) is 30.2 Å². The number of aromatic nitrogens is 6. The number of H-pyrrole nitrogens is 1. The number of aromatic amines is 1. The zero-order valence-electron chi connectivity index (χ0n) is 14.7. The Labute approximate surface area is 156 Å². The minimum Gasteiger partial charge on any atom is -0.494 e. The van der Waals surface area contributed by atoms with Gasteiger partial charge in [-0.25, -0.2) is 4.98 Å². The van der Waals surface area contributed by atoms with Crippen LogP contribution in [0.3, 0.4) is 0 Å². The van der Waals surface area contributed by atoms with Gasteiger partial charge in [0, 0.05) is 29.7 Å². The molecule has 0 atom stereocenters. The molecule has 0 spiro atoms. The number of anilines is 1. The number of benzene rings is 1. The summed E-state index contributed by atoms with van der Waals surface area (Å²) in [6, 6.07) is 5.41. The molecule has 0 amide bonds. The Hall–Kier alpha value is -2.61. The third-order valence-corrected chi connectivity index (χ3v) is 5.11. The molecule has 3 heterocycles. The average Bonchev–Trinajstić information content (AvgIpc) is 3.31. The van der Waals surface area contributed by atoms with Crippen LogP contribution in [0.1, 0.15) is 30.1 Å². The van der Waals surface area contributed by atoms with Crippen LogP contribution in [0.15, 0.2) is 24.5 Å². The number of aryl methyl sites for hydroxylation is 1. The number of ether oxygens (including phenoxy) is 1. The first-order valence-electron chi connectivity index (χ1n) is 8.54. The Bertz CT molecular complexity index is 898. The molecule has 0 saturated carbocycles. The maximum Gasteiger partial charge on any atom is 0.250 e. The van der Waals surface area contributed by atoms with Gasteiger partial charge in [0.2, 0.25) is 5.95 Å². The van der Waals surface area contributed by atoms with Crippen molar-refractivity contribution in [1.29, 1.82) is 0 Å². The van der Waals surface area contributed by atoms with Crippen LogP contribution in [-0.4, -0.2) is 50.4 Å². The van der Waals surface area contributed by atoms with E-state index in [1.54, 1.807) is 30.3 Å². The highest BCUT2D eigenvalue weighted by Gasteiger charge is 2.27. The largest absolute Gasteiger partial charge is 0.494 e. The monoisotopic (exact) mass is 373 g/mol. The summed E-state index contributed by atoms with van der Waals surface area (Å²) in [6.07, 6.45) is 3.80. The Morgan fingerprint density at radius 3 is 2.77 bits per heavy atom. The molecular weight excluding hydrogens is 354 g/mol. The summed E-state index contributed by atoms with van der Waals surface area (Å²) < 4.78 is 7.13. The molecule has 0 radical (unpaired) electrons. The SMILES string of the molecule is COc1ccc(Cl)cc1-n1nnnc1N1CCC(c2[nH]cnc2C)CC1. The summed E-state index contributed by atoms with van der Waals surface area (Å²) in [6.45, 7) is 3.78. The van der Waals surface area contributed by atoms with E-state index in [9.17, 15) is 0 Å². The lowest BCUT2D eigenvalue weighted by Gasteiger charge is -2.32. The van der Waals surface area contributed by atoms with E-state index in [-0.39, 0.29) is 0 Å². The van der Waals surface area contributed by atoms with E-state index in [0.29, 0.717) is 22.6 Å². The molecule has 2 aromatic heterocycles. The van der Waals surface area contributed by atoms with Gasteiger partial charge in [0.1, 0.15) is 11.4 Å². The van der Waals surface area contributed by atoms with Gasteiger partial charge in [-0.15, -0.1) is 0 Å². The van der Waals surface area contributed by atoms with Gasteiger partial charge >= 0.3 is 0 Å². The van der Waals surface area contributed by atoms with Gasteiger partial charge in [0.05, 0.1) is 19.1 Å². The molecule has 1 aliphatic rings. The van der Waals surface area contributed by atoms with E-state index in [0.717, 1.165) is 37.3 Å². The lowest BCUT2D eigenvalue weighted by molar-refractivity contribution is 0.411. The molecule has 26 heavy (non-hydrogen) atoms. The Balaban J connectivity index is 1.57. The summed E-state index contributed by atoms with van der Waals surface area (Å²) in [4.78, 5) is 9.78. The molecule has 8 nitrogen and oxygen atoms in total. The number of piperidine rings is 1. The van der Waals surface area contributed by atoms with E-state index >= 15 is 0 Å². The van der Waals surface area contributed by atoms with Crippen LogP contribution in [0.4, 0.5) is 5.95 Å². The Morgan fingerprint density at radius 2 is 2.08 bits per heavy atom. The second-order valence-electron chi connectivity index (χ2n) is 6.37. The van der Waals surface area contributed by atoms with Crippen molar-refractivity contribution in [2.45, 2.75) is 25.7 Å². The maximum absolute atomic E-state index is 6.16. The zero-order chi connectivity index (χ0) is 18.1. The number of nitrogens with zero attached hydrogens (tertiary/aromatic N) is 6. The van der Waals surface area contributed by atoms with Gasteiger partial charge in [-0.2, -0.15) is 4.68 Å². The summed E-state index contributed by atoms with van der Waals surface area (Å²) in [5.41, 5.74) is 3.05. The number of nitrogens with one attached hydrogen (secondary N) is 1. The van der Waals surface area contributed by atoms with Gasteiger partial charge in [0.15, 0.2) is 0 Å². The smallest absolute Gasteiger partial charge is 0.250 e. The van der Waals surface area contributed by atoms with Crippen molar-refractivity contribution < 1.29 is 4.74 Å². The number of imidazole rings is 1. The molecular formula is C17H20ClN7O. The summed E-state index contributed by atoms with van der Waals surface area (Å²) in [7, 11) is 1.62. The van der Waals surface area contributed by atoms with Crippen LogP contribution in [0.5, 0.6) is 5.75 Å². The van der Waals surface area contributed by atoms with Crippen molar-refractivity contribution in [3.05, 3.63) is 40.9 Å². The normalized spacial score (nSPS) is 15.4. The molecule has 1 aromatic carbocycles. The van der Waals surface area contributed by atoms with Crippen LogP contribution >= 0.6 is 11.6 Å². The highest BCUT2D eigenvalue weighted by Crippen LogP contribution is 2.32. The molecule has 0 aliphatic carbocycles. The highest BCUT2D eigenvalue weighted by molar-refractivity contribution is 6.30. The minimum atomic E-state index is 0.485. The standard InChI is InChI=1S/C17H20ClN7O/c1-11-16(20-10-19-11)12-5-7-24(8-6-12)17-21-22-23-25(17)14-9-13(18)3-4-15(14)26-2/h3-4,9-10,12H,5-8H2,1-2H3,(H,19,20). The molecule has 0 unspecified atom stereocenters. The second kappa shape index (κ2) is 6.95. The molecule has 1 saturated heterocycles. The summed E-state index contributed by atoms with van der Waals surface area (Å²) in [5.74, 6) is 1.86. The number of tetrazole rings is 1. The fourth-order valence-electron chi connectivity index (χ4n) is 3.52. The van der Waals surface area contributed by atoms with E-state index in [1.165, 1.54) is 5.69 Å². The number of hydrogen-bond donors (Lipinski definition) is 1. The number of hydrogen-bond acceptors (Lipinski definition) is 6. The predicted molar refractivity (Wildman–Crippen MR) is 98.2 cm³/mol. The fraction of sp³-hybridized carbons (Fsp3) is 0.412. The third kappa shape index (κ3) is 3.01. The Kier molecular flexibility index (Phi) is 4.50. The van der Waals surface area contributed by atoms with Gasteiger partial charge in [0.25, 0.3) is 0 Å². The summed E-state index contributed by atoms with van der Waals surface area (Å²) >= 11 is 6.16. The number of rotatable bonds is 4. The molecule has 136 valence electrons. The molecule has 9 heteroatoms. The first-order valence-corrected chi connectivity index (χ1v) is 8.92. The number of halogens is 1. The van der Waals surface area contributed by atoms with Crippen LogP contribution in [0, 0.1) is 6.92 Å². The topological polar surface area (TPSA) is 84.8 Å². The van der Waals surface area contributed by atoms with Gasteiger partial charge < -0.3 is 14.6 Å². The third-order valence-electron chi connectivity index (χ3n) is 4.88. The molecule has 1 N–H and O–H groups in total. The van der Waals surface area contributed by atoms with Crippen LogP contribution in [0.25, 0.3) is 5.69 Å². The van der Waals surface area contributed by atoms with Gasteiger partial charge in [-0.05, 0) is 48.4 Å². The molecule has 3 aromatic rings. The lowest BCUT2D eigenvalue weighted by atomic mass is 9.93. The molecule has 1 fully saturated rings. The quantitative estimate of drug-likeness (QED) is 0.756. The molecule has 0 bridgehead atoms. The maximum atomic E-state index is 6.16. The van der Waals surface area contributed by atoms with Crippen LogP contribution < -0.4 is 9.64 Å². The van der Waals surface area contributed by atoms with Gasteiger partial charge in [-0.3, -0.25) is 0 Å². The van der Waals surface area contributed by atoms with Crippen molar-refractivity contribution in [2.75, 3.05) is 25.1 Å². The average molecular weight is 374 g/mol. The first kappa shape index (κ1) is 16.8. The number of methoxy groups -OCH3 is 1. The van der Waals surface area contributed by atoms with E-state index < -0.39 is 0 Å². The van der Waals surface area contributed by atoms with Gasteiger partial charge in [-0.1, -0.05) is 16.7 Å². The highest BCUT2D eigenvalue weighted by atomic mass is 35.5. The van der Waals surface area contributed by atoms with Crippen LogP contribution in [-0.2, 0) is 0 Å². The predicted octanol–water partition coefficient (Wildman–Crippen LogP) is 2.74. The van der Waals surface area contributed by atoms with Crippen molar-refractivity contribution >= 4 is 17.5 Å². The zero-order valence-corrected chi connectivity index (χ0v) is 15.4. The first-order chi connectivity index (χ1) is 12.7. The van der Waals surface area contributed by atoms with Crippen LogP contribution in [0.2, 0.25) is 5.02 Å². The lowest BCUT2D eigenvalue weighted by Crippen LogP contribution is -2.35. The van der Waals surface area contributed by atoms with E-state index in [4.69, 9.17) is 16.3 Å². The van der Waals surface area contributed by atoms with E-state index in [1.807, 2.05) is 13.0 Å². The second-order valence-corrected chi connectivity index (χ2v) is 6.81. The van der Waals surface area contributed by atoms with Crippen molar-refractivity contribution in [3.8, 4) is 11.4 Å². The minimum absolute atomic E-state index is 0.485. The summed E-state index contributed by atoms with van der Waals surface area (Å²) in [5, 5.41) is 12.9. The van der Waals surface area contributed by atoms with Crippen molar-refractivity contribution in [3.63, 3.8) is 0 Å². The molecule has 1 aliphatic heterocycles. The molecule has 4 rings (SSSR count). The fourth-order valence-corrected chi connectivity index (χ4v) is 3.68.